The molecular weight excluding hydrogens is 328 g/mol. The van der Waals surface area contributed by atoms with E-state index in [0.717, 1.165) is 6.20 Å². The molecule has 0 spiro atoms. The van der Waals surface area contributed by atoms with Gasteiger partial charge in [-0.25, -0.2) is 18.4 Å². The summed E-state index contributed by atoms with van der Waals surface area (Å²) in [6.07, 6.45) is -1.57. The van der Waals surface area contributed by atoms with Crippen LogP contribution >= 0.6 is 0 Å². The molecule has 1 aromatic heterocycles. The highest BCUT2D eigenvalue weighted by atomic mass is 19.3. The van der Waals surface area contributed by atoms with E-state index >= 15 is 0 Å². The summed E-state index contributed by atoms with van der Waals surface area (Å²) in [4.78, 5) is 26.9. The largest absolute Gasteiger partial charge is 0.445 e. The van der Waals surface area contributed by atoms with Gasteiger partial charge in [0.1, 0.15) is 12.4 Å². The smallest absolute Gasteiger partial charge is 0.413 e. The lowest BCUT2D eigenvalue weighted by molar-refractivity contribution is -0.121. The van der Waals surface area contributed by atoms with Crippen molar-refractivity contribution < 1.29 is 27.8 Å². The number of nitrogens with one attached hydrogen (secondary N) is 1. The first-order valence-corrected chi connectivity index (χ1v) is 7.03. The Kier molecular flexibility index (Phi) is 5.62. The fourth-order valence-electron chi connectivity index (χ4n) is 2.22. The number of ether oxygens (including phenoxy) is 3. The Labute approximate surface area is 136 Å². The molecule has 2 rings (SSSR count). The number of rotatable bonds is 6. The minimum atomic E-state index is -3.24. The quantitative estimate of drug-likeness (QED) is 0.787. The first-order chi connectivity index (χ1) is 11.4. The zero-order valence-electron chi connectivity index (χ0n) is 12.9. The van der Waals surface area contributed by atoms with E-state index < -0.39 is 36.5 Å². The van der Waals surface area contributed by atoms with E-state index in [1.54, 1.807) is 0 Å². The molecule has 1 amide bonds. The van der Waals surface area contributed by atoms with Crippen LogP contribution in [-0.4, -0.2) is 48.0 Å². The summed E-state index contributed by atoms with van der Waals surface area (Å²) in [6.45, 7) is 3.34. The lowest BCUT2D eigenvalue weighted by atomic mass is 10.2. The molecule has 10 heteroatoms. The van der Waals surface area contributed by atoms with Crippen LogP contribution in [0.3, 0.4) is 0 Å². The Morgan fingerprint density at radius 2 is 2.42 bits per heavy atom. The summed E-state index contributed by atoms with van der Waals surface area (Å²) >= 11 is 0. The number of hydrogen-bond acceptors (Lipinski definition) is 6. The van der Waals surface area contributed by atoms with E-state index in [1.807, 2.05) is 0 Å². The number of methoxy groups -OCH3 is 1. The molecule has 1 aromatic rings. The van der Waals surface area contributed by atoms with Crippen molar-refractivity contribution in [2.24, 2.45) is 0 Å². The van der Waals surface area contributed by atoms with Crippen LogP contribution in [0.4, 0.5) is 19.4 Å². The topological polar surface area (TPSA) is 91.7 Å². The number of amides is 1. The van der Waals surface area contributed by atoms with Crippen LogP contribution in [0.15, 0.2) is 29.7 Å². The van der Waals surface area contributed by atoms with Crippen LogP contribution in [0, 0.1) is 0 Å². The minimum absolute atomic E-state index is 0.0109. The second-order valence-corrected chi connectivity index (χ2v) is 5.05. The maximum atomic E-state index is 14.0. The molecule has 8 nitrogen and oxygen atoms in total. The molecule has 1 N–H and O–H groups in total. The molecule has 2 atom stereocenters. The first kappa shape index (κ1) is 18.0. The average Bonchev–Trinajstić information content (AvgIpc) is 2.80. The van der Waals surface area contributed by atoms with Crippen LogP contribution in [0.1, 0.15) is 12.6 Å². The summed E-state index contributed by atoms with van der Waals surface area (Å²) in [5.41, 5.74) is -0.987. The zero-order chi connectivity index (χ0) is 17.7. The Bertz CT molecular complexity index is 664. The predicted molar refractivity (Wildman–Crippen MR) is 79.0 cm³/mol. The van der Waals surface area contributed by atoms with Gasteiger partial charge in [0.2, 0.25) is 6.23 Å². The van der Waals surface area contributed by atoms with E-state index in [0.29, 0.717) is 4.57 Å². The maximum absolute atomic E-state index is 14.0. The Morgan fingerprint density at radius 1 is 1.67 bits per heavy atom. The molecule has 0 radical (unpaired) electrons. The number of anilines is 1. The Balaban J connectivity index is 2.13. The van der Waals surface area contributed by atoms with Gasteiger partial charge in [-0.2, -0.15) is 4.98 Å². The molecule has 2 heterocycles. The number of hydrogen-bond donors (Lipinski definition) is 1. The number of carbonyl (C=O) groups excluding carboxylic acids is 1. The molecule has 0 aliphatic carbocycles. The minimum Gasteiger partial charge on any atom is -0.445 e. The van der Waals surface area contributed by atoms with Crippen LogP contribution < -0.4 is 11.0 Å². The second kappa shape index (κ2) is 7.49. The van der Waals surface area contributed by atoms with Gasteiger partial charge in [-0.15, -0.1) is 0 Å². The van der Waals surface area contributed by atoms with Crippen molar-refractivity contribution in [3.05, 3.63) is 35.4 Å². The van der Waals surface area contributed by atoms with Gasteiger partial charge in [0.05, 0.1) is 12.7 Å². The molecule has 1 aliphatic rings. The molecule has 1 saturated heterocycles. The maximum Gasteiger partial charge on any atom is 0.413 e. The van der Waals surface area contributed by atoms with E-state index in [2.05, 4.69) is 21.6 Å². The van der Waals surface area contributed by atoms with Gasteiger partial charge in [-0.3, -0.25) is 9.88 Å². The molecular formula is C14H17F2N3O5. The monoisotopic (exact) mass is 345 g/mol. The van der Waals surface area contributed by atoms with Crippen LogP contribution in [0.25, 0.3) is 0 Å². The summed E-state index contributed by atoms with van der Waals surface area (Å²) in [5.74, 6) is -3.37. The standard InChI is InChI=1S/C14H17F2N3O5/c1-3-6-23-13(21)18-10-4-5-19(12(20)17-10)11-14(15,16)7-9(24-11)8-22-2/h3-5,9,11H,1,6-8H2,2H3,(H,17,18,20,21)/t9-,11+/m0/s1. The highest BCUT2D eigenvalue weighted by Gasteiger charge is 2.51. The Hall–Kier alpha value is -2.33. The zero-order valence-corrected chi connectivity index (χ0v) is 12.9. The van der Waals surface area contributed by atoms with Crippen molar-refractivity contribution in [1.29, 1.82) is 0 Å². The van der Waals surface area contributed by atoms with Crippen LogP contribution in [0.5, 0.6) is 0 Å². The van der Waals surface area contributed by atoms with Crippen molar-refractivity contribution in [3.63, 3.8) is 0 Å². The van der Waals surface area contributed by atoms with Crippen molar-refractivity contribution in [1.82, 2.24) is 9.55 Å². The molecule has 0 bridgehead atoms. The third-order valence-corrected chi connectivity index (χ3v) is 3.18. The summed E-state index contributed by atoms with van der Waals surface area (Å²) in [6, 6.07) is 1.19. The fourth-order valence-corrected chi connectivity index (χ4v) is 2.22. The molecule has 24 heavy (non-hydrogen) atoms. The molecule has 0 unspecified atom stereocenters. The molecule has 0 aromatic carbocycles. The summed E-state index contributed by atoms with van der Waals surface area (Å²) in [5, 5.41) is 2.20. The first-order valence-electron chi connectivity index (χ1n) is 7.03. The second-order valence-electron chi connectivity index (χ2n) is 5.05. The van der Waals surface area contributed by atoms with Gasteiger partial charge in [-0.1, -0.05) is 12.7 Å². The van der Waals surface area contributed by atoms with Gasteiger partial charge in [0.15, 0.2) is 0 Å². The van der Waals surface area contributed by atoms with Gasteiger partial charge in [0, 0.05) is 19.7 Å². The van der Waals surface area contributed by atoms with Crippen molar-refractivity contribution in [2.45, 2.75) is 24.7 Å². The summed E-state index contributed by atoms with van der Waals surface area (Å²) in [7, 11) is 1.37. The number of alkyl halides is 2. The molecule has 1 fully saturated rings. The predicted octanol–water partition coefficient (Wildman–Crippen LogP) is 1.55. The van der Waals surface area contributed by atoms with E-state index in [4.69, 9.17) is 9.47 Å². The van der Waals surface area contributed by atoms with Gasteiger partial charge in [-0.05, 0) is 6.07 Å². The van der Waals surface area contributed by atoms with E-state index in [1.165, 1.54) is 19.3 Å². The van der Waals surface area contributed by atoms with Crippen molar-refractivity contribution in [3.8, 4) is 0 Å². The third kappa shape index (κ3) is 4.15. The van der Waals surface area contributed by atoms with Gasteiger partial charge in [0.25, 0.3) is 5.92 Å². The highest BCUT2D eigenvalue weighted by molar-refractivity contribution is 5.83. The fraction of sp³-hybridized carbons (Fsp3) is 0.500. The Morgan fingerprint density at radius 3 is 3.04 bits per heavy atom. The van der Waals surface area contributed by atoms with E-state index in [-0.39, 0.29) is 19.0 Å². The molecule has 0 saturated carbocycles. The third-order valence-electron chi connectivity index (χ3n) is 3.18. The lowest BCUT2D eigenvalue weighted by Crippen LogP contribution is -2.35. The number of aromatic nitrogens is 2. The lowest BCUT2D eigenvalue weighted by Gasteiger charge is -2.19. The number of halogens is 2. The SMILES string of the molecule is C=CCOC(=O)Nc1ccn([C@@H]2O[C@H](COC)CC2(F)F)c(=O)n1. The average molecular weight is 345 g/mol. The number of carbonyl (C=O) groups is 1. The number of nitrogens with zero attached hydrogens (tertiary/aromatic N) is 2. The van der Waals surface area contributed by atoms with Crippen LogP contribution in [0.2, 0.25) is 0 Å². The van der Waals surface area contributed by atoms with E-state index in [9.17, 15) is 18.4 Å². The van der Waals surface area contributed by atoms with Gasteiger partial charge >= 0.3 is 11.8 Å². The van der Waals surface area contributed by atoms with Crippen molar-refractivity contribution in [2.75, 3.05) is 25.6 Å². The normalized spacial score (nSPS) is 22.1. The van der Waals surface area contributed by atoms with Gasteiger partial charge < -0.3 is 14.2 Å². The van der Waals surface area contributed by atoms with Crippen LogP contribution in [-0.2, 0) is 14.2 Å². The summed E-state index contributed by atoms with van der Waals surface area (Å²) < 4.78 is 43.4. The van der Waals surface area contributed by atoms with Crippen molar-refractivity contribution >= 4 is 11.9 Å². The highest BCUT2D eigenvalue weighted by Crippen LogP contribution is 2.41. The molecule has 132 valence electrons. The molecule has 1 aliphatic heterocycles.